The second-order valence-corrected chi connectivity index (χ2v) is 7.48. The molecule has 128 valence electrons. The highest BCUT2D eigenvalue weighted by molar-refractivity contribution is 9.09. The van der Waals surface area contributed by atoms with Gasteiger partial charge >= 0.3 is 6.09 Å². The van der Waals surface area contributed by atoms with E-state index in [-0.39, 0.29) is 22.7 Å². The van der Waals surface area contributed by atoms with E-state index >= 15 is 0 Å². The predicted molar refractivity (Wildman–Crippen MR) is 98.7 cm³/mol. The number of ether oxygens (including phenoxy) is 1. The predicted octanol–water partition coefficient (Wildman–Crippen LogP) is 4.32. The molecule has 1 heterocycles. The molecule has 1 atom stereocenters. The van der Waals surface area contributed by atoms with Gasteiger partial charge in [-0.05, 0) is 22.3 Å². The molecule has 0 saturated carbocycles. The van der Waals surface area contributed by atoms with Gasteiger partial charge in [-0.2, -0.15) is 0 Å². The number of amides is 1. The number of alkyl halides is 1. The largest absolute Gasteiger partial charge is 0.448 e. The average molecular weight is 400 g/mol. The molecular weight excluding hydrogens is 382 g/mol. The maximum Gasteiger partial charge on any atom is 0.410 e. The Morgan fingerprint density at radius 2 is 1.68 bits per heavy atom. The number of halogens is 1. The first kappa shape index (κ1) is 16.3. The van der Waals surface area contributed by atoms with Crippen LogP contribution in [0.25, 0.3) is 11.1 Å². The van der Waals surface area contributed by atoms with Crippen LogP contribution in [0.2, 0.25) is 0 Å². The topological polar surface area (TPSA) is 46.6 Å². The van der Waals surface area contributed by atoms with Gasteiger partial charge in [0.2, 0.25) is 0 Å². The van der Waals surface area contributed by atoms with Gasteiger partial charge in [0.1, 0.15) is 12.4 Å². The van der Waals surface area contributed by atoms with Crippen LogP contribution in [-0.2, 0) is 9.53 Å². The van der Waals surface area contributed by atoms with E-state index in [0.717, 1.165) is 0 Å². The van der Waals surface area contributed by atoms with Crippen molar-refractivity contribution in [3.63, 3.8) is 0 Å². The van der Waals surface area contributed by atoms with Crippen LogP contribution < -0.4 is 0 Å². The molecule has 1 fully saturated rings. The van der Waals surface area contributed by atoms with Crippen LogP contribution in [0.1, 0.15) is 29.9 Å². The highest BCUT2D eigenvalue weighted by Crippen LogP contribution is 2.44. The highest BCUT2D eigenvalue weighted by Gasteiger charge is 2.32. The van der Waals surface area contributed by atoms with Crippen molar-refractivity contribution in [2.24, 2.45) is 0 Å². The standard InChI is InChI=1S/C20H18BrNO3/c21-19-11-13(23)9-10-22(19)20(24)25-12-18-16-7-3-1-5-14(16)15-6-2-4-8-17(15)18/h1-8,18-19H,9-12H2. The third kappa shape index (κ3) is 2.97. The Bertz CT molecular complexity index is 790. The summed E-state index contributed by atoms with van der Waals surface area (Å²) in [4.78, 5) is 25.3. The van der Waals surface area contributed by atoms with Gasteiger partial charge < -0.3 is 4.74 Å². The maximum absolute atomic E-state index is 12.5. The lowest BCUT2D eigenvalue weighted by Crippen LogP contribution is -2.43. The molecule has 0 aromatic heterocycles. The van der Waals surface area contributed by atoms with E-state index in [1.165, 1.54) is 22.3 Å². The zero-order valence-electron chi connectivity index (χ0n) is 13.7. The average Bonchev–Trinajstić information content (AvgIpc) is 2.94. The molecule has 4 nitrogen and oxygen atoms in total. The van der Waals surface area contributed by atoms with E-state index < -0.39 is 0 Å². The van der Waals surface area contributed by atoms with Crippen molar-refractivity contribution in [3.8, 4) is 11.1 Å². The van der Waals surface area contributed by atoms with Crippen molar-refractivity contribution in [2.45, 2.75) is 23.7 Å². The summed E-state index contributed by atoms with van der Waals surface area (Å²) in [5, 5.41) is 0. The molecule has 2 aliphatic rings. The zero-order valence-corrected chi connectivity index (χ0v) is 15.2. The minimum absolute atomic E-state index is 0.0524. The Labute approximate surface area is 154 Å². The second kappa shape index (κ2) is 6.64. The number of hydrogen-bond donors (Lipinski definition) is 0. The number of nitrogens with zero attached hydrogens (tertiary/aromatic N) is 1. The maximum atomic E-state index is 12.5. The van der Waals surface area contributed by atoms with E-state index in [1.807, 2.05) is 24.3 Å². The van der Waals surface area contributed by atoms with Gasteiger partial charge in [-0.1, -0.05) is 64.5 Å². The first-order valence-corrected chi connectivity index (χ1v) is 9.34. The van der Waals surface area contributed by atoms with Crippen molar-refractivity contribution in [2.75, 3.05) is 13.2 Å². The van der Waals surface area contributed by atoms with Crippen LogP contribution in [0.5, 0.6) is 0 Å². The summed E-state index contributed by atoms with van der Waals surface area (Å²) in [5.74, 6) is 0.223. The fourth-order valence-corrected chi connectivity index (χ4v) is 4.40. The molecule has 4 rings (SSSR count). The monoisotopic (exact) mass is 399 g/mol. The van der Waals surface area contributed by atoms with Gasteiger partial charge in [-0.15, -0.1) is 0 Å². The number of rotatable bonds is 2. The van der Waals surface area contributed by atoms with Crippen LogP contribution in [-0.4, -0.2) is 34.9 Å². The summed E-state index contributed by atoms with van der Waals surface area (Å²) in [7, 11) is 0. The lowest BCUT2D eigenvalue weighted by atomic mass is 9.98. The van der Waals surface area contributed by atoms with E-state index in [2.05, 4.69) is 40.2 Å². The minimum atomic E-state index is -0.365. The Kier molecular flexibility index (Phi) is 4.34. The van der Waals surface area contributed by atoms with E-state index in [1.54, 1.807) is 4.90 Å². The highest BCUT2D eigenvalue weighted by atomic mass is 79.9. The van der Waals surface area contributed by atoms with Gasteiger partial charge in [0, 0.05) is 25.3 Å². The summed E-state index contributed by atoms with van der Waals surface area (Å²) in [5.41, 5.74) is 4.81. The summed E-state index contributed by atoms with van der Waals surface area (Å²) < 4.78 is 5.63. The SMILES string of the molecule is O=C1CCN(C(=O)OCC2c3ccccc3-c3ccccc32)C(Br)C1. The lowest BCUT2D eigenvalue weighted by molar-refractivity contribution is -0.121. The lowest BCUT2D eigenvalue weighted by Gasteiger charge is -2.30. The quantitative estimate of drug-likeness (QED) is 0.557. The number of carbonyl (C=O) groups is 2. The molecule has 0 radical (unpaired) electrons. The normalized spacial score (nSPS) is 19.5. The van der Waals surface area contributed by atoms with Gasteiger partial charge in [-0.25, -0.2) is 4.79 Å². The van der Waals surface area contributed by atoms with Crippen molar-refractivity contribution in [1.29, 1.82) is 0 Å². The summed E-state index contributed by atoms with van der Waals surface area (Å²) in [6, 6.07) is 16.5. The first-order chi connectivity index (χ1) is 12.1. The zero-order chi connectivity index (χ0) is 17.4. The number of fused-ring (bicyclic) bond motifs is 3. The third-order valence-corrected chi connectivity index (χ3v) is 5.75. The van der Waals surface area contributed by atoms with Crippen molar-refractivity contribution >= 4 is 27.8 Å². The minimum Gasteiger partial charge on any atom is -0.448 e. The Hall–Kier alpha value is -2.14. The molecule has 2 aromatic carbocycles. The number of piperidine rings is 1. The van der Waals surface area contributed by atoms with Crippen molar-refractivity contribution < 1.29 is 14.3 Å². The molecule has 1 aliphatic carbocycles. The molecule has 1 aliphatic heterocycles. The number of Topliss-reactive ketones (excluding diaryl/α,β-unsaturated/α-hetero) is 1. The Morgan fingerprint density at radius 1 is 1.08 bits per heavy atom. The molecule has 1 unspecified atom stereocenters. The number of likely N-dealkylation sites (tertiary alicyclic amines) is 1. The van der Waals surface area contributed by atoms with Crippen LogP contribution in [0.3, 0.4) is 0 Å². The molecule has 25 heavy (non-hydrogen) atoms. The van der Waals surface area contributed by atoms with Crippen LogP contribution in [0, 0.1) is 0 Å². The molecule has 1 saturated heterocycles. The fraction of sp³-hybridized carbons (Fsp3) is 0.300. The fourth-order valence-electron chi connectivity index (χ4n) is 3.67. The van der Waals surface area contributed by atoms with Gasteiger partial charge in [0.05, 0.1) is 4.95 Å². The Morgan fingerprint density at radius 3 is 2.28 bits per heavy atom. The molecule has 2 aromatic rings. The van der Waals surface area contributed by atoms with Crippen LogP contribution in [0.15, 0.2) is 48.5 Å². The van der Waals surface area contributed by atoms with Crippen molar-refractivity contribution in [1.82, 2.24) is 4.90 Å². The molecule has 1 amide bonds. The molecular formula is C20H18BrNO3. The number of ketones is 1. The Balaban J connectivity index is 1.51. The van der Waals surface area contributed by atoms with E-state index in [4.69, 9.17) is 4.74 Å². The number of hydrogen-bond acceptors (Lipinski definition) is 3. The summed E-state index contributed by atoms with van der Waals surface area (Å²) >= 11 is 3.41. The van der Waals surface area contributed by atoms with Crippen molar-refractivity contribution in [3.05, 3.63) is 59.7 Å². The summed E-state index contributed by atoms with van der Waals surface area (Å²) in [6.45, 7) is 0.711. The second-order valence-electron chi connectivity index (χ2n) is 6.42. The van der Waals surface area contributed by atoms with Crippen LogP contribution in [0.4, 0.5) is 4.79 Å². The smallest absolute Gasteiger partial charge is 0.410 e. The first-order valence-electron chi connectivity index (χ1n) is 8.42. The van der Waals surface area contributed by atoms with Gasteiger partial charge in [0.15, 0.2) is 0 Å². The number of benzene rings is 2. The molecule has 0 N–H and O–H groups in total. The third-order valence-electron chi connectivity index (χ3n) is 4.94. The van der Waals surface area contributed by atoms with Gasteiger partial charge in [-0.3, -0.25) is 9.69 Å². The molecule has 0 spiro atoms. The van der Waals surface area contributed by atoms with E-state index in [9.17, 15) is 9.59 Å². The molecule has 0 bridgehead atoms. The molecule has 5 heteroatoms. The number of carbonyl (C=O) groups excluding carboxylic acids is 2. The van der Waals surface area contributed by atoms with Gasteiger partial charge in [0.25, 0.3) is 0 Å². The summed E-state index contributed by atoms with van der Waals surface area (Å²) in [6.07, 6.45) is 0.368. The van der Waals surface area contributed by atoms with E-state index in [0.29, 0.717) is 26.0 Å². The van der Waals surface area contributed by atoms with Crippen LogP contribution >= 0.6 is 15.9 Å².